The minimum atomic E-state index is -4.48. The second-order valence-electron chi connectivity index (χ2n) is 17.1. The Kier molecular flexibility index (Phi) is 9.61. The summed E-state index contributed by atoms with van der Waals surface area (Å²) in [5.74, 6) is -3.64. The maximum absolute atomic E-state index is 14.0. The molecule has 7 atom stereocenters. The molecule has 0 radical (unpaired) electrons. The number of ether oxygens (including phenoxy) is 2. The number of carbonyl (C=O) groups is 2. The highest BCUT2D eigenvalue weighted by Gasteiger charge is 2.83. The Morgan fingerprint density at radius 1 is 0.810 bits per heavy atom. The van der Waals surface area contributed by atoms with Crippen LogP contribution in [0.25, 0.3) is 6.08 Å². The third-order valence-corrected chi connectivity index (χ3v) is 13.6. The van der Waals surface area contributed by atoms with Crippen LogP contribution in [0.15, 0.2) is 145 Å². The van der Waals surface area contributed by atoms with E-state index in [0.29, 0.717) is 16.7 Å². The molecule has 4 aliphatic rings. The van der Waals surface area contributed by atoms with Crippen molar-refractivity contribution in [3.8, 4) is 0 Å². The van der Waals surface area contributed by atoms with Gasteiger partial charge in [-0.2, -0.15) is 13.2 Å². The molecule has 4 aliphatic carbocycles. The molecule has 2 saturated carbocycles. The van der Waals surface area contributed by atoms with Gasteiger partial charge in [0.15, 0.2) is 5.78 Å². The molecule has 8 rings (SSSR count). The third-order valence-electron chi connectivity index (χ3n) is 13.6. The Bertz CT molecular complexity index is 2200. The van der Waals surface area contributed by atoms with Crippen LogP contribution in [0.3, 0.4) is 0 Å². The van der Waals surface area contributed by atoms with E-state index in [2.05, 4.69) is 0 Å². The lowest BCUT2D eigenvalue weighted by Crippen LogP contribution is -2.61. The topological polar surface area (TPSA) is 93.1 Å². The van der Waals surface area contributed by atoms with Gasteiger partial charge in [-0.25, -0.2) is 4.79 Å². The van der Waals surface area contributed by atoms with E-state index in [-0.39, 0.29) is 19.4 Å². The summed E-state index contributed by atoms with van der Waals surface area (Å²) >= 11 is 0. The van der Waals surface area contributed by atoms with Crippen LogP contribution >= 0.6 is 0 Å². The van der Waals surface area contributed by atoms with Crippen LogP contribution in [-0.2, 0) is 30.8 Å². The number of benzene rings is 4. The second-order valence-corrected chi connectivity index (χ2v) is 17.1. The molecule has 0 aliphatic heterocycles. The molecule has 6 nitrogen and oxygen atoms in total. The number of Topliss-reactive ketones (excluding diaryl/α,β-unsaturated/α-hetero) is 1. The molecule has 0 amide bonds. The Labute approximate surface area is 336 Å². The number of carbonyl (C=O) groups excluding carboxylic acids is 2. The van der Waals surface area contributed by atoms with Crippen LogP contribution < -0.4 is 0 Å². The Morgan fingerprint density at radius 2 is 1.34 bits per heavy atom. The summed E-state index contributed by atoms with van der Waals surface area (Å²) in [4.78, 5) is 27.6. The number of hydrogen-bond acceptors (Lipinski definition) is 6. The number of alkyl halides is 3. The smallest absolute Gasteiger partial charge is 0.416 e. The first kappa shape index (κ1) is 39.7. The van der Waals surface area contributed by atoms with Gasteiger partial charge in [0.1, 0.15) is 16.8 Å². The summed E-state index contributed by atoms with van der Waals surface area (Å²) in [6.45, 7) is 7.53. The molecule has 300 valence electrons. The average molecular weight is 789 g/mol. The normalized spacial score (nSPS) is 30.1. The molecule has 0 unspecified atom stereocenters. The van der Waals surface area contributed by atoms with Gasteiger partial charge in [-0.05, 0) is 70.9 Å². The van der Waals surface area contributed by atoms with Crippen LogP contribution in [0.2, 0.25) is 0 Å². The van der Waals surface area contributed by atoms with E-state index >= 15 is 0 Å². The average Bonchev–Trinajstić information content (AvgIpc) is 3.61. The van der Waals surface area contributed by atoms with E-state index in [1.165, 1.54) is 24.3 Å². The first-order chi connectivity index (χ1) is 27.5. The highest BCUT2D eigenvalue weighted by Crippen LogP contribution is 2.76. The number of fused-ring (bicyclic) bond motifs is 5. The second kappa shape index (κ2) is 14.0. The molecule has 58 heavy (non-hydrogen) atoms. The van der Waals surface area contributed by atoms with Crippen LogP contribution in [0, 0.1) is 29.1 Å². The van der Waals surface area contributed by atoms with Crippen LogP contribution in [-0.4, -0.2) is 45.4 Å². The number of aliphatic hydroxyl groups is 2. The summed E-state index contributed by atoms with van der Waals surface area (Å²) in [5.41, 5.74) is -2.99. The summed E-state index contributed by atoms with van der Waals surface area (Å²) in [7, 11) is 0. The van der Waals surface area contributed by atoms with Crippen molar-refractivity contribution in [2.24, 2.45) is 29.1 Å². The third kappa shape index (κ3) is 6.12. The van der Waals surface area contributed by atoms with Gasteiger partial charge in [-0.3, -0.25) is 4.79 Å². The first-order valence-corrected chi connectivity index (χ1v) is 19.7. The molecule has 0 aromatic heterocycles. The number of halogens is 3. The highest BCUT2D eigenvalue weighted by atomic mass is 19.4. The van der Waals surface area contributed by atoms with Crippen molar-refractivity contribution in [2.45, 2.75) is 69.1 Å². The predicted octanol–water partition coefficient (Wildman–Crippen LogP) is 9.26. The fourth-order valence-electron chi connectivity index (χ4n) is 10.7. The Morgan fingerprint density at radius 3 is 1.86 bits per heavy atom. The molecule has 4 aromatic carbocycles. The molecular weight excluding hydrogens is 742 g/mol. The standard InChI is InChI=1S/C49H47F3O6/c1-31-26-40-45(55,43(31)54)29-34(30-57-48(35-14-8-5-9-15-35,36-16-10-6-11-17-36)37-18-12-7-13-19-37)27-39-42-44(3,4)46(42,28-32(2)47(39,40)56)58-41(53)25-22-33-20-23-38(24-21-33)49(50,51)52/h5-27,32,39-40,42,55-56H,28-30H2,1-4H3/b25-22+/t32-,39+,40-,42-,45-,46+,47-/m1/s1. The number of hydrogen-bond donors (Lipinski definition) is 2. The number of ketones is 1. The zero-order valence-electron chi connectivity index (χ0n) is 32.9. The van der Waals surface area contributed by atoms with Gasteiger partial charge >= 0.3 is 12.1 Å². The molecule has 4 aromatic rings. The SMILES string of the molecule is CC1=C[C@H]2[C@@]3(O)[C@H](C)C[C@]4(OC(=O)/C=C/c5ccc(C(F)(F)F)cc5)[C@H]([C@@H]3C=C(COC(c3ccccc3)(c3ccccc3)c3ccccc3)C[C@]2(O)C1=O)C4(C)C. The molecular formula is C49H47F3O6. The monoisotopic (exact) mass is 788 g/mol. The van der Waals surface area contributed by atoms with Gasteiger partial charge in [0.25, 0.3) is 0 Å². The summed E-state index contributed by atoms with van der Waals surface area (Å²) in [5, 5.41) is 25.7. The van der Waals surface area contributed by atoms with Crippen LogP contribution in [0.4, 0.5) is 13.2 Å². The van der Waals surface area contributed by atoms with Gasteiger partial charge in [0, 0.05) is 35.7 Å². The van der Waals surface area contributed by atoms with E-state index < -0.39 is 75.0 Å². The van der Waals surface area contributed by atoms with Crippen molar-refractivity contribution in [1.29, 1.82) is 0 Å². The molecule has 0 bridgehead atoms. The maximum Gasteiger partial charge on any atom is 0.416 e. The first-order valence-electron chi connectivity index (χ1n) is 19.7. The minimum absolute atomic E-state index is 0.00317. The summed E-state index contributed by atoms with van der Waals surface area (Å²) < 4.78 is 52.9. The van der Waals surface area contributed by atoms with E-state index in [0.717, 1.165) is 28.8 Å². The zero-order chi connectivity index (χ0) is 41.3. The van der Waals surface area contributed by atoms with Gasteiger partial charge < -0.3 is 19.7 Å². The highest BCUT2D eigenvalue weighted by molar-refractivity contribution is 6.04. The van der Waals surface area contributed by atoms with Crippen LogP contribution in [0.5, 0.6) is 0 Å². The Hall–Kier alpha value is -5.09. The summed E-state index contributed by atoms with van der Waals surface area (Å²) in [6, 6.07) is 34.2. The predicted molar refractivity (Wildman–Crippen MR) is 214 cm³/mol. The van der Waals surface area contributed by atoms with Crippen molar-refractivity contribution >= 4 is 17.8 Å². The van der Waals surface area contributed by atoms with E-state index in [1.807, 2.05) is 118 Å². The maximum atomic E-state index is 14.0. The minimum Gasteiger partial charge on any atom is -0.455 e. The van der Waals surface area contributed by atoms with Crippen molar-refractivity contribution in [3.63, 3.8) is 0 Å². The Balaban J connectivity index is 1.18. The van der Waals surface area contributed by atoms with Gasteiger partial charge in [0.2, 0.25) is 0 Å². The number of esters is 1. The lowest BCUT2D eigenvalue weighted by atomic mass is 9.60. The lowest BCUT2D eigenvalue weighted by molar-refractivity contribution is -0.185. The molecule has 0 heterocycles. The molecule has 2 N–H and O–H groups in total. The van der Waals surface area contributed by atoms with Crippen molar-refractivity contribution in [3.05, 3.63) is 172 Å². The van der Waals surface area contributed by atoms with E-state index in [1.54, 1.807) is 13.0 Å². The largest absolute Gasteiger partial charge is 0.455 e. The van der Waals surface area contributed by atoms with Gasteiger partial charge in [0.05, 0.1) is 17.8 Å². The lowest BCUT2D eigenvalue weighted by Gasteiger charge is -2.50. The molecule has 2 fully saturated rings. The quantitative estimate of drug-likeness (QED) is 0.0761. The van der Waals surface area contributed by atoms with Gasteiger partial charge in [-0.1, -0.05) is 136 Å². The van der Waals surface area contributed by atoms with Crippen molar-refractivity contribution < 1.29 is 42.4 Å². The molecule has 9 heteroatoms. The van der Waals surface area contributed by atoms with Crippen LogP contribution in [0.1, 0.15) is 68.4 Å². The van der Waals surface area contributed by atoms with Crippen molar-refractivity contribution in [1.82, 2.24) is 0 Å². The van der Waals surface area contributed by atoms with Gasteiger partial charge in [-0.15, -0.1) is 0 Å². The fourth-order valence-corrected chi connectivity index (χ4v) is 10.7. The fraction of sp³-hybridized carbons (Fsp3) is 0.347. The van der Waals surface area contributed by atoms with E-state index in [4.69, 9.17) is 9.47 Å². The molecule has 0 spiro atoms. The molecule has 0 saturated heterocycles. The van der Waals surface area contributed by atoms with Crippen molar-refractivity contribution in [2.75, 3.05) is 6.61 Å². The van der Waals surface area contributed by atoms with E-state index in [9.17, 15) is 33.0 Å². The zero-order valence-corrected chi connectivity index (χ0v) is 32.9. The number of rotatable bonds is 9. The summed E-state index contributed by atoms with van der Waals surface area (Å²) in [6.07, 6.45) is 2.04.